The molecule has 0 spiro atoms. The summed E-state index contributed by atoms with van der Waals surface area (Å²) in [5.41, 5.74) is 0.382. The molecule has 1 atom stereocenters. The van der Waals surface area contributed by atoms with Gasteiger partial charge in [-0.25, -0.2) is 4.79 Å². The van der Waals surface area contributed by atoms with E-state index in [-0.39, 0.29) is 17.0 Å². The van der Waals surface area contributed by atoms with Crippen LogP contribution in [-0.4, -0.2) is 21.2 Å². The molecule has 4 rings (SSSR count). The first-order chi connectivity index (χ1) is 12.6. The van der Waals surface area contributed by atoms with Gasteiger partial charge in [-0.15, -0.1) is 21.5 Å². The third-order valence-electron chi connectivity index (χ3n) is 3.77. The van der Waals surface area contributed by atoms with Crippen LogP contribution in [0.1, 0.15) is 29.3 Å². The molecule has 0 saturated heterocycles. The molecule has 8 heteroatoms. The fourth-order valence-electron chi connectivity index (χ4n) is 2.55. The van der Waals surface area contributed by atoms with Crippen LogP contribution >= 0.6 is 11.3 Å². The predicted molar refractivity (Wildman–Crippen MR) is 96.0 cm³/mol. The minimum absolute atomic E-state index is 0.189. The molecule has 0 amide bonds. The first-order valence-corrected chi connectivity index (χ1v) is 8.70. The lowest BCUT2D eigenvalue weighted by molar-refractivity contribution is 0.0282. The molecule has 7 nitrogen and oxygen atoms in total. The number of fused-ring (bicyclic) bond motifs is 1. The van der Waals surface area contributed by atoms with Crippen molar-refractivity contribution in [3.05, 3.63) is 69.7 Å². The van der Waals surface area contributed by atoms with E-state index in [2.05, 4.69) is 15.2 Å². The standard InChI is InChI=1S/C18H13N3O4S/c1-10(16-20-21-17(25-16)14-7-4-8-26-14)24-18(23)12-9-15(22)19-13-6-3-2-5-11(12)13/h2-10H,1H3,(H,19,22). The molecule has 1 unspecified atom stereocenters. The van der Waals surface area contributed by atoms with Crippen molar-refractivity contribution in [2.24, 2.45) is 0 Å². The zero-order valence-electron chi connectivity index (χ0n) is 13.6. The number of pyridine rings is 1. The number of hydrogen-bond acceptors (Lipinski definition) is 7. The second kappa shape index (κ2) is 6.57. The topological polar surface area (TPSA) is 98.1 Å². The minimum atomic E-state index is -0.748. The van der Waals surface area contributed by atoms with Gasteiger partial charge in [-0.3, -0.25) is 4.79 Å². The van der Waals surface area contributed by atoms with Gasteiger partial charge in [-0.05, 0) is 24.4 Å². The molecule has 0 aliphatic rings. The van der Waals surface area contributed by atoms with E-state index in [0.717, 1.165) is 4.88 Å². The maximum atomic E-state index is 12.6. The number of para-hydroxylation sites is 1. The highest BCUT2D eigenvalue weighted by atomic mass is 32.1. The van der Waals surface area contributed by atoms with Crippen LogP contribution in [0.25, 0.3) is 21.7 Å². The number of nitrogens with one attached hydrogen (secondary N) is 1. The van der Waals surface area contributed by atoms with Gasteiger partial charge in [0.1, 0.15) is 0 Å². The Morgan fingerprint density at radius 3 is 2.88 bits per heavy atom. The number of thiophene rings is 1. The first-order valence-electron chi connectivity index (χ1n) is 7.82. The summed E-state index contributed by atoms with van der Waals surface area (Å²) in [4.78, 5) is 27.9. The van der Waals surface area contributed by atoms with E-state index >= 15 is 0 Å². The molecule has 3 heterocycles. The molecule has 3 aromatic heterocycles. The minimum Gasteiger partial charge on any atom is -0.449 e. The quantitative estimate of drug-likeness (QED) is 0.554. The molecule has 130 valence electrons. The van der Waals surface area contributed by atoms with Gasteiger partial charge in [0.15, 0.2) is 6.10 Å². The molecule has 0 saturated carbocycles. The van der Waals surface area contributed by atoms with Crippen molar-refractivity contribution in [1.29, 1.82) is 0 Å². The monoisotopic (exact) mass is 367 g/mol. The van der Waals surface area contributed by atoms with E-state index in [4.69, 9.17) is 9.15 Å². The highest BCUT2D eigenvalue weighted by Crippen LogP contribution is 2.26. The van der Waals surface area contributed by atoms with Gasteiger partial charge in [0.25, 0.3) is 11.8 Å². The number of hydrogen-bond donors (Lipinski definition) is 1. The van der Waals surface area contributed by atoms with Crippen molar-refractivity contribution in [1.82, 2.24) is 15.2 Å². The Balaban J connectivity index is 1.60. The van der Waals surface area contributed by atoms with Crippen LogP contribution < -0.4 is 5.56 Å². The smallest absolute Gasteiger partial charge is 0.339 e. The van der Waals surface area contributed by atoms with Crippen LogP contribution in [0.15, 0.2) is 57.1 Å². The maximum Gasteiger partial charge on any atom is 0.339 e. The van der Waals surface area contributed by atoms with Crippen molar-refractivity contribution < 1.29 is 13.9 Å². The van der Waals surface area contributed by atoms with Gasteiger partial charge in [-0.2, -0.15) is 0 Å². The fraction of sp³-hybridized carbons (Fsp3) is 0.111. The Kier molecular flexibility index (Phi) is 4.10. The van der Waals surface area contributed by atoms with E-state index in [1.165, 1.54) is 17.4 Å². The summed E-state index contributed by atoms with van der Waals surface area (Å²) in [6.07, 6.45) is -0.748. The average molecular weight is 367 g/mol. The Labute approximate surface area is 151 Å². The fourth-order valence-corrected chi connectivity index (χ4v) is 3.19. The Morgan fingerprint density at radius 2 is 2.08 bits per heavy atom. The second-order valence-corrected chi connectivity index (χ2v) is 6.51. The van der Waals surface area contributed by atoms with Crippen LogP contribution in [0.2, 0.25) is 0 Å². The lowest BCUT2D eigenvalue weighted by Crippen LogP contribution is -2.14. The van der Waals surface area contributed by atoms with Crippen LogP contribution in [-0.2, 0) is 4.74 Å². The summed E-state index contributed by atoms with van der Waals surface area (Å²) in [7, 11) is 0. The van der Waals surface area contributed by atoms with Gasteiger partial charge in [0.2, 0.25) is 5.56 Å². The van der Waals surface area contributed by atoms with E-state index in [0.29, 0.717) is 16.8 Å². The summed E-state index contributed by atoms with van der Waals surface area (Å²) in [6, 6.07) is 12.0. The van der Waals surface area contributed by atoms with Crippen LogP contribution in [0.4, 0.5) is 0 Å². The second-order valence-electron chi connectivity index (χ2n) is 5.56. The summed E-state index contributed by atoms with van der Waals surface area (Å²) < 4.78 is 11.0. The van der Waals surface area contributed by atoms with Gasteiger partial charge in [0.05, 0.1) is 10.4 Å². The SMILES string of the molecule is CC(OC(=O)c1cc(=O)[nH]c2ccccc12)c1nnc(-c2cccs2)o1. The predicted octanol–water partition coefficient (Wildman–Crippen LogP) is 3.56. The number of ether oxygens (including phenoxy) is 1. The van der Waals surface area contributed by atoms with Gasteiger partial charge in [-0.1, -0.05) is 24.3 Å². The number of aromatic amines is 1. The normalized spacial score (nSPS) is 12.2. The molecule has 0 radical (unpaired) electrons. The Hall–Kier alpha value is -3.26. The number of nitrogens with zero attached hydrogens (tertiary/aromatic N) is 2. The number of esters is 1. The molecule has 0 bridgehead atoms. The Morgan fingerprint density at radius 1 is 1.23 bits per heavy atom. The van der Waals surface area contributed by atoms with E-state index < -0.39 is 12.1 Å². The Bertz CT molecular complexity index is 1130. The van der Waals surface area contributed by atoms with Gasteiger partial charge < -0.3 is 14.1 Å². The molecule has 4 aromatic rings. The number of carbonyl (C=O) groups excluding carboxylic acids is 1. The zero-order chi connectivity index (χ0) is 18.1. The molecule has 1 aromatic carbocycles. The highest BCUT2D eigenvalue weighted by Gasteiger charge is 2.21. The molecule has 1 N–H and O–H groups in total. The van der Waals surface area contributed by atoms with Crippen molar-refractivity contribution >= 4 is 28.2 Å². The first kappa shape index (κ1) is 16.2. The summed E-state index contributed by atoms with van der Waals surface area (Å²) in [6.45, 7) is 1.64. The lowest BCUT2D eigenvalue weighted by Gasteiger charge is -2.10. The van der Waals surface area contributed by atoms with E-state index in [1.54, 1.807) is 31.2 Å². The number of H-pyrrole nitrogens is 1. The van der Waals surface area contributed by atoms with Crippen molar-refractivity contribution in [2.45, 2.75) is 13.0 Å². The highest BCUT2D eigenvalue weighted by molar-refractivity contribution is 7.13. The number of rotatable bonds is 4. The number of benzene rings is 1. The molecular weight excluding hydrogens is 354 g/mol. The third-order valence-corrected chi connectivity index (χ3v) is 4.63. The summed E-state index contributed by atoms with van der Waals surface area (Å²) in [5.74, 6) is -0.0638. The maximum absolute atomic E-state index is 12.6. The average Bonchev–Trinajstić information content (AvgIpc) is 3.32. The van der Waals surface area contributed by atoms with E-state index in [1.807, 2.05) is 17.5 Å². The van der Waals surface area contributed by atoms with Crippen LogP contribution in [0.3, 0.4) is 0 Å². The van der Waals surface area contributed by atoms with Crippen molar-refractivity contribution in [3.8, 4) is 10.8 Å². The van der Waals surface area contributed by atoms with Crippen LogP contribution in [0.5, 0.6) is 0 Å². The number of aromatic nitrogens is 3. The number of carbonyl (C=O) groups is 1. The summed E-state index contributed by atoms with van der Waals surface area (Å²) >= 11 is 1.47. The van der Waals surface area contributed by atoms with Gasteiger partial charge >= 0.3 is 5.97 Å². The van der Waals surface area contributed by atoms with Crippen LogP contribution in [0, 0.1) is 0 Å². The third kappa shape index (κ3) is 3.02. The van der Waals surface area contributed by atoms with Crippen molar-refractivity contribution in [3.63, 3.8) is 0 Å². The molecule has 26 heavy (non-hydrogen) atoms. The zero-order valence-corrected chi connectivity index (χ0v) is 14.4. The largest absolute Gasteiger partial charge is 0.449 e. The molecular formula is C18H13N3O4S. The van der Waals surface area contributed by atoms with Crippen molar-refractivity contribution in [2.75, 3.05) is 0 Å². The molecule has 0 aliphatic carbocycles. The summed E-state index contributed by atoms with van der Waals surface area (Å²) in [5, 5.41) is 10.4. The lowest BCUT2D eigenvalue weighted by atomic mass is 10.1. The van der Waals surface area contributed by atoms with Gasteiger partial charge in [0, 0.05) is 17.0 Å². The van der Waals surface area contributed by atoms with E-state index in [9.17, 15) is 9.59 Å². The molecule has 0 fully saturated rings. The molecule has 0 aliphatic heterocycles.